The van der Waals surface area contributed by atoms with Crippen LogP contribution in [-0.4, -0.2) is 29.7 Å². The molecular weight excluding hydrogens is 271 g/mol. The maximum Gasteiger partial charge on any atom is 0.252 e. The molecule has 0 spiro atoms. The highest BCUT2D eigenvalue weighted by Crippen LogP contribution is 2.19. The van der Waals surface area contributed by atoms with E-state index in [9.17, 15) is 14.3 Å². The van der Waals surface area contributed by atoms with Gasteiger partial charge in [0.15, 0.2) is 0 Å². The van der Waals surface area contributed by atoms with E-state index in [4.69, 9.17) is 5.73 Å². The third-order valence-corrected chi connectivity index (χ3v) is 3.60. The standard InChI is InChI=1S/C16H19FN2O2/c17-12-8-7-11(4-3-9-18)13(10-12)16(21)19-14-5-1-2-6-15(14)20/h7-8,10,14-15,20H,1-2,5-6,9,18H2,(H,19,21). The topological polar surface area (TPSA) is 75.4 Å². The third-order valence-electron chi connectivity index (χ3n) is 3.60. The number of nitrogens with one attached hydrogen (secondary N) is 1. The van der Waals surface area contributed by atoms with Gasteiger partial charge in [0, 0.05) is 5.56 Å². The van der Waals surface area contributed by atoms with Gasteiger partial charge in [0.25, 0.3) is 5.91 Å². The van der Waals surface area contributed by atoms with Crippen LogP contribution in [0.3, 0.4) is 0 Å². The molecule has 0 aliphatic heterocycles. The first-order valence-electron chi connectivity index (χ1n) is 7.09. The number of halogens is 1. The zero-order valence-electron chi connectivity index (χ0n) is 11.7. The van der Waals surface area contributed by atoms with E-state index in [1.165, 1.54) is 12.1 Å². The molecule has 21 heavy (non-hydrogen) atoms. The van der Waals surface area contributed by atoms with Gasteiger partial charge in [-0.2, -0.15) is 0 Å². The van der Waals surface area contributed by atoms with Crippen molar-refractivity contribution < 1.29 is 14.3 Å². The molecule has 0 aromatic heterocycles. The largest absolute Gasteiger partial charge is 0.391 e. The second kappa shape index (κ2) is 7.21. The number of carbonyl (C=O) groups is 1. The third kappa shape index (κ3) is 4.03. The zero-order chi connectivity index (χ0) is 15.2. The van der Waals surface area contributed by atoms with Gasteiger partial charge in [-0.25, -0.2) is 4.39 Å². The number of amides is 1. The molecule has 2 rings (SSSR count). The maximum atomic E-state index is 13.4. The number of nitrogens with two attached hydrogens (primary N) is 1. The first-order valence-corrected chi connectivity index (χ1v) is 7.09. The second-order valence-corrected chi connectivity index (χ2v) is 5.13. The number of hydrogen-bond donors (Lipinski definition) is 3. The lowest BCUT2D eigenvalue weighted by atomic mass is 9.92. The Kier molecular flexibility index (Phi) is 5.32. The Morgan fingerprint density at radius 2 is 2.19 bits per heavy atom. The molecule has 2 atom stereocenters. The van der Waals surface area contributed by atoms with E-state index >= 15 is 0 Å². The summed E-state index contributed by atoms with van der Waals surface area (Å²) < 4.78 is 13.4. The molecular formula is C16H19FN2O2. The summed E-state index contributed by atoms with van der Waals surface area (Å²) in [6.45, 7) is 0.166. The minimum atomic E-state index is -0.546. The Hall–Kier alpha value is -1.90. The molecule has 4 N–H and O–H groups in total. The fourth-order valence-electron chi connectivity index (χ4n) is 2.49. The fourth-order valence-corrected chi connectivity index (χ4v) is 2.49. The van der Waals surface area contributed by atoms with Gasteiger partial charge in [-0.15, -0.1) is 0 Å². The minimum absolute atomic E-state index is 0.166. The van der Waals surface area contributed by atoms with Crippen molar-refractivity contribution in [2.75, 3.05) is 6.54 Å². The second-order valence-electron chi connectivity index (χ2n) is 5.13. The quantitative estimate of drug-likeness (QED) is 0.716. The number of benzene rings is 1. The molecule has 4 nitrogen and oxygen atoms in total. The SMILES string of the molecule is NCC#Cc1ccc(F)cc1C(=O)NC1CCCCC1O. The van der Waals surface area contributed by atoms with Crippen molar-refractivity contribution in [2.45, 2.75) is 37.8 Å². The minimum Gasteiger partial charge on any atom is -0.391 e. The van der Waals surface area contributed by atoms with Crippen molar-refractivity contribution in [3.05, 3.63) is 35.1 Å². The Balaban J connectivity index is 2.19. The first-order chi connectivity index (χ1) is 10.1. The summed E-state index contributed by atoms with van der Waals surface area (Å²) in [5.74, 6) is 4.51. The molecule has 112 valence electrons. The van der Waals surface area contributed by atoms with Gasteiger partial charge in [0.05, 0.1) is 24.3 Å². The van der Waals surface area contributed by atoms with Gasteiger partial charge in [0.2, 0.25) is 0 Å². The van der Waals surface area contributed by atoms with Crippen LogP contribution in [0.1, 0.15) is 41.6 Å². The molecule has 0 heterocycles. The predicted octanol–water partition coefficient (Wildman–Crippen LogP) is 1.17. The van der Waals surface area contributed by atoms with Crippen LogP contribution in [0.25, 0.3) is 0 Å². The van der Waals surface area contributed by atoms with Crippen molar-refractivity contribution in [1.29, 1.82) is 0 Å². The average molecular weight is 290 g/mol. The van der Waals surface area contributed by atoms with E-state index in [2.05, 4.69) is 17.2 Å². The van der Waals surface area contributed by atoms with E-state index in [1.807, 2.05) is 0 Å². The molecule has 1 aromatic carbocycles. The Morgan fingerprint density at radius 3 is 2.90 bits per heavy atom. The van der Waals surface area contributed by atoms with Crippen molar-refractivity contribution >= 4 is 5.91 Å². The summed E-state index contributed by atoms with van der Waals surface area (Å²) in [7, 11) is 0. The normalized spacial score (nSPS) is 21.3. The zero-order valence-corrected chi connectivity index (χ0v) is 11.7. The van der Waals surface area contributed by atoms with Gasteiger partial charge < -0.3 is 16.2 Å². The molecule has 1 aliphatic rings. The van der Waals surface area contributed by atoms with Gasteiger partial charge in [-0.1, -0.05) is 24.7 Å². The fraction of sp³-hybridized carbons (Fsp3) is 0.438. The molecule has 0 saturated heterocycles. The lowest BCUT2D eigenvalue weighted by Crippen LogP contribution is -2.45. The summed E-state index contributed by atoms with van der Waals surface area (Å²) in [5.41, 5.74) is 5.93. The molecule has 5 heteroatoms. The first kappa shape index (κ1) is 15.5. The van der Waals surface area contributed by atoms with E-state index in [0.717, 1.165) is 25.3 Å². The van der Waals surface area contributed by atoms with Crippen molar-refractivity contribution in [1.82, 2.24) is 5.32 Å². The summed E-state index contributed by atoms with van der Waals surface area (Å²) in [5, 5.41) is 12.7. The number of aliphatic hydroxyl groups excluding tert-OH is 1. The maximum absolute atomic E-state index is 13.4. The van der Waals surface area contributed by atoms with Crippen LogP contribution in [0, 0.1) is 17.7 Å². The lowest BCUT2D eigenvalue weighted by Gasteiger charge is -2.28. The number of carbonyl (C=O) groups excluding carboxylic acids is 1. The summed E-state index contributed by atoms with van der Waals surface area (Å²) in [4.78, 5) is 12.3. The highest BCUT2D eigenvalue weighted by atomic mass is 19.1. The number of aliphatic hydroxyl groups is 1. The average Bonchev–Trinajstić information content (AvgIpc) is 2.48. The highest BCUT2D eigenvalue weighted by molar-refractivity contribution is 5.97. The molecule has 0 radical (unpaired) electrons. The molecule has 1 aliphatic carbocycles. The molecule has 1 aromatic rings. The highest BCUT2D eigenvalue weighted by Gasteiger charge is 2.25. The molecule has 1 fully saturated rings. The molecule has 1 amide bonds. The van der Waals surface area contributed by atoms with E-state index in [1.54, 1.807) is 0 Å². The summed E-state index contributed by atoms with van der Waals surface area (Å²) in [6.07, 6.45) is 2.78. The van der Waals surface area contributed by atoms with Crippen molar-refractivity contribution in [2.24, 2.45) is 5.73 Å². The molecule has 2 unspecified atom stereocenters. The van der Waals surface area contributed by atoms with Crippen LogP contribution >= 0.6 is 0 Å². The van der Waals surface area contributed by atoms with Crippen LogP contribution in [0.2, 0.25) is 0 Å². The van der Waals surface area contributed by atoms with Gasteiger partial charge in [-0.3, -0.25) is 4.79 Å². The van der Waals surface area contributed by atoms with Crippen molar-refractivity contribution in [3.8, 4) is 11.8 Å². The Bertz CT molecular complexity index is 577. The summed E-state index contributed by atoms with van der Waals surface area (Å²) in [6, 6.07) is 3.59. The smallest absolute Gasteiger partial charge is 0.252 e. The van der Waals surface area contributed by atoms with Crippen LogP contribution < -0.4 is 11.1 Å². The number of rotatable bonds is 2. The van der Waals surface area contributed by atoms with Crippen molar-refractivity contribution in [3.63, 3.8) is 0 Å². The Labute approximate surface area is 123 Å². The monoisotopic (exact) mass is 290 g/mol. The molecule has 1 saturated carbocycles. The van der Waals surface area contributed by atoms with Gasteiger partial charge in [-0.05, 0) is 31.0 Å². The van der Waals surface area contributed by atoms with Gasteiger partial charge in [0.1, 0.15) is 5.82 Å². The van der Waals surface area contributed by atoms with E-state index in [0.29, 0.717) is 12.0 Å². The predicted molar refractivity (Wildman–Crippen MR) is 78.1 cm³/mol. The van der Waals surface area contributed by atoms with Crippen LogP contribution in [0.5, 0.6) is 0 Å². The Morgan fingerprint density at radius 1 is 1.43 bits per heavy atom. The van der Waals surface area contributed by atoms with E-state index in [-0.39, 0.29) is 18.2 Å². The van der Waals surface area contributed by atoms with Gasteiger partial charge >= 0.3 is 0 Å². The summed E-state index contributed by atoms with van der Waals surface area (Å²) >= 11 is 0. The number of hydrogen-bond acceptors (Lipinski definition) is 3. The molecule has 0 bridgehead atoms. The van der Waals surface area contributed by atoms with E-state index < -0.39 is 17.8 Å². The van der Waals surface area contributed by atoms with Crippen LogP contribution in [-0.2, 0) is 0 Å². The van der Waals surface area contributed by atoms with Crippen LogP contribution in [0.4, 0.5) is 4.39 Å². The van der Waals surface area contributed by atoms with Crippen LogP contribution in [0.15, 0.2) is 18.2 Å². The lowest BCUT2D eigenvalue weighted by molar-refractivity contribution is 0.0717.